The first-order valence-electron chi connectivity index (χ1n) is 13.7. The summed E-state index contributed by atoms with van der Waals surface area (Å²) >= 11 is 1.91. The van der Waals surface area contributed by atoms with Gasteiger partial charge in [0.1, 0.15) is 0 Å². The lowest BCUT2D eigenvalue weighted by Gasteiger charge is -2.49. The normalized spacial score (nSPS) is 34.8. The van der Waals surface area contributed by atoms with Gasteiger partial charge in [0.15, 0.2) is 5.17 Å². The van der Waals surface area contributed by atoms with Crippen molar-refractivity contribution in [1.82, 2.24) is 20.4 Å². The molecule has 6 atom stereocenters. The molecule has 4 aliphatic heterocycles. The van der Waals surface area contributed by atoms with Crippen molar-refractivity contribution in [2.75, 3.05) is 46.8 Å². The average Bonchev–Trinajstić information content (AvgIpc) is 3.51. The highest BCUT2D eigenvalue weighted by Gasteiger charge is 2.59. The van der Waals surface area contributed by atoms with Crippen LogP contribution in [0.15, 0.2) is 35.3 Å². The molecule has 6 unspecified atom stereocenters. The molecule has 0 aliphatic carbocycles. The van der Waals surface area contributed by atoms with Crippen LogP contribution >= 0.6 is 11.8 Å². The second-order valence-corrected chi connectivity index (χ2v) is 12.4. The van der Waals surface area contributed by atoms with Gasteiger partial charge in [0.05, 0.1) is 12.0 Å². The van der Waals surface area contributed by atoms with Gasteiger partial charge in [-0.05, 0) is 30.2 Å². The van der Waals surface area contributed by atoms with Crippen LogP contribution in [0.5, 0.6) is 0 Å². The van der Waals surface area contributed by atoms with Crippen molar-refractivity contribution in [3.63, 3.8) is 0 Å². The van der Waals surface area contributed by atoms with Gasteiger partial charge in [-0.25, -0.2) is 0 Å². The van der Waals surface area contributed by atoms with Crippen molar-refractivity contribution >= 4 is 22.8 Å². The highest BCUT2D eigenvalue weighted by Crippen LogP contribution is 2.49. The second-order valence-electron chi connectivity index (χ2n) is 11.3. The quantitative estimate of drug-likeness (QED) is 0.653. The van der Waals surface area contributed by atoms with Crippen LogP contribution in [0.4, 0.5) is 0 Å². The number of carbonyl (C=O) groups is 1. The van der Waals surface area contributed by atoms with Gasteiger partial charge >= 0.3 is 0 Å². The summed E-state index contributed by atoms with van der Waals surface area (Å²) in [4.78, 5) is 24.0. The minimum Gasteiger partial charge on any atom is -0.358 e. The van der Waals surface area contributed by atoms with Crippen LogP contribution in [0.3, 0.4) is 0 Å². The fourth-order valence-electron chi connectivity index (χ4n) is 7.23. The number of hydrogen-bond acceptors (Lipinski definition) is 6. The summed E-state index contributed by atoms with van der Waals surface area (Å²) in [5.41, 5.74) is 1.35. The number of likely N-dealkylation sites (tertiary alicyclic amines) is 1. The number of nitrogens with one attached hydrogen (secondary N) is 2. The molecule has 1 spiro atoms. The third-order valence-electron chi connectivity index (χ3n) is 9.20. The number of fused-ring (bicyclic) bond motifs is 2. The largest absolute Gasteiger partial charge is 0.358 e. The van der Waals surface area contributed by atoms with Gasteiger partial charge < -0.3 is 20.4 Å². The third-order valence-corrected chi connectivity index (χ3v) is 10.9. The van der Waals surface area contributed by atoms with Crippen molar-refractivity contribution in [3.05, 3.63) is 35.9 Å². The van der Waals surface area contributed by atoms with Crippen LogP contribution < -0.4 is 10.6 Å². The SMILES string of the molecule is CCC(CC)C1CC(c2ccccc2)CCN1C(=O)C1CNCC12CNCC1N=C(N(C)C)SC12. The van der Waals surface area contributed by atoms with E-state index in [1.807, 2.05) is 11.8 Å². The zero-order chi connectivity index (χ0) is 24.6. The Balaban J connectivity index is 1.40. The average molecular weight is 498 g/mol. The van der Waals surface area contributed by atoms with Crippen LogP contribution in [0, 0.1) is 17.3 Å². The summed E-state index contributed by atoms with van der Waals surface area (Å²) < 4.78 is 0. The summed E-state index contributed by atoms with van der Waals surface area (Å²) in [5.74, 6) is 1.50. The second kappa shape index (κ2) is 10.4. The lowest BCUT2D eigenvalue weighted by atomic mass is 9.69. The molecule has 6 nitrogen and oxygen atoms in total. The molecule has 192 valence electrons. The monoisotopic (exact) mass is 497 g/mol. The fraction of sp³-hybridized carbons (Fsp3) is 0.714. The number of aliphatic imine (C=N–C) groups is 1. The van der Waals surface area contributed by atoms with Gasteiger partial charge in [0.2, 0.25) is 5.91 Å². The van der Waals surface area contributed by atoms with Crippen molar-refractivity contribution in [2.24, 2.45) is 22.2 Å². The molecule has 5 rings (SSSR count). The van der Waals surface area contributed by atoms with Crippen LogP contribution in [0.2, 0.25) is 0 Å². The van der Waals surface area contributed by atoms with Gasteiger partial charge in [-0.1, -0.05) is 68.8 Å². The Morgan fingerprint density at radius 2 is 1.89 bits per heavy atom. The van der Waals surface area contributed by atoms with E-state index in [1.54, 1.807) is 0 Å². The van der Waals surface area contributed by atoms with Crippen LogP contribution in [-0.2, 0) is 4.79 Å². The molecule has 0 bridgehead atoms. The first-order valence-corrected chi connectivity index (χ1v) is 14.5. The molecule has 2 N–H and O–H groups in total. The predicted octanol–water partition coefficient (Wildman–Crippen LogP) is 3.41. The summed E-state index contributed by atoms with van der Waals surface area (Å²) in [6.07, 6.45) is 4.40. The number of thioether (sulfide) groups is 1. The number of nitrogens with zero attached hydrogens (tertiary/aromatic N) is 3. The van der Waals surface area contributed by atoms with E-state index in [-0.39, 0.29) is 17.4 Å². The maximum absolute atomic E-state index is 14.5. The van der Waals surface area contributed by atoms with E-state index in [4.69, 9.17) is 4.99 Å². The van der Waals surface area contributed by atoms with Crippen molar-refractivity contribution < 1.29 is 4.79 Å². The molecule has 3 fully saturated rings. The van der Waals surface area contributed by atoms with Gasteiger partial charge in [-0.15, -0.1) is 0 Å². The molecule has 7 heteroatoms. The molecule has 1 amide bonds. The number of hydrogen-bond donors (Lipinski definition) is 2. The lowest BCUT2D eigenvalue weighted by Crippen LogP contribution is -2.62. The van der Waals surface area contributed by atoms with Crippen LogP contribution in [0.25, 0.3) is 0 Å². The van der Waals surface area contributed by atoms with Gasteiger partial charge in [-0.3, -0.25) is 9.79 Å². The minimum atomic E-state index is -0.0827. The molecule has 3 saturated heterocycles. The third kappa shape index (κ3) is 4.53. The molecule has 4 heterocycles. The molecule has 0 radical (unpaired) electrons. The Labute approximate surface area is 215 Å². The van der Waals surface area contributed by atoms with Gasteiger partial charge in [0, 0.05) is 63.5 Å². The number of benzene rings is 1. The summed E-state index contributed by atoms with van der Waals surface area (Å²) in [5, 5.41) is 8.79. The molecule has 4 aliphatic rings. The maximum Gasteiger partial charge on any atom is 0.227 e. The molecular formula is C28H43N5OS. The van der Waals surface area contributed by atoms with Gasteiger partial charge in [0.25, 0.3) is 0 Å². The smallest absolute Gasteiger partial charge is 0.227 e. The number of amides is 1. The molecular weight excluding hydrogens is 454 g/mol. The fourth-order valence-corrected chi connectivity index (χ4v) is 8.75. The maximum atomic E-state index is 14.5. The number of amidine groups is 1. The van der Waals surface area contributed by atoms with E-state index in [0.717, 1.165) is 63.6 Å². The zero-order valence-corrected chi connectivity index (χ0v) is 22.7. The Kier molecular flexibility index (Phi) is 7.48. The van der Waals surface area contributed by atoms with E-state index in [2.05, 4.69) is 78.7 Å². The van der Waals surface area contributed by atoms with E-state index in [1.165, 1.54) is 5.56 Å². The Morgan fingerprint density at radius 1 is 1.17 bits per heavy atom. The zero-order valence-electron chi connectivity index (χ0n) is 21.9. The Morgan fingerprint density at radius 3 is 2.57 bits per heavy atom. The first kappa shape index (κ1) is 25.1. The first-order chi connectivity index (χ1) is 17.0. The van der Waals surface area contributed by atoms with E-state index >= 15 is 0 Å². The number of carbonyl (C=O) groups excluding carboxylic acids is 1. The standard InChI is InChI=1S/C28H43N5OS/c1-5-19(6-2)24-14-21(20-10-8-7-9-11-20)12-13-33(24)26(34)22-15-29-17-28(22)18-30-16-23-25(28)35-27(31-23)32(3)4/h7-11,19,21-25,29-30H,5-6,12-18H2,1-4H3. The van der Waals surface area contributed by atoms with E-state index in [9.17, 15) is 4.79 Å². The molecule has 1 aromatic carbocycles. The summed E-state index contributed by atoms with van der Waals surface area (Å²) in [6.45, 7) is 8.97. The topological polar surface area (TPSA) is 60.0 Å². The van der Waals surface area contributed by atoms with Crippen molar-refractivity contribution in [2.45, 2.75) is 62.8 Å². The summed E-state index contributed by atoms with van der Waals surface area (Å²) in [7, 11) is 4.16. The number of piperidine rings is 2. The minimum absolute atomic E-state index is 0.0112. The highest BCUT2D eigenvalue weighted by atomic mass is 32.2. The Bertz CT molecular complexity index is 919. The Hall–Kier alpha value is -1.57. The number of rotatable bonds is 5. The molecule has 0 saturated carbocycles. The van der Waals surface area contributed by atoms with Crippen molar-refractivity contribution in [1.29, 1.82) is 0 Å². The summed E-state index contributed by atoms with van der Waals surface area (Å²) in [6, 6.07) is 11.5. The van der Waals surface area contributed by atoms with Crippen LogP contribution in [-0.4, -0.2) is 85.0 Å². The lowest BCUT2D eigenvalue weighted by molar-refractivity contribution is -0.144. The molecule has 1 aromatic rings. The molecule has 0 aromatic heterocycles. The predicted molar refractivity (Wildman–Crippen MR) is 146 cm³/mol. The van der Waals surface area contributed by atoms with Gasteiger partial charge in [-0.2, -0.15) is 0 Å². The van der Waals surface area contributed by atoms with E-state index < -0.39 is 0 Å². The highest BCUT2D eigenvalue weighted by molar-refractivity contribution is 8.14. The molecule has 35 heavy (non-hydrogen) atoms. The van der Waals surface area contributed by atoms with Crippen molar-refractivity contribution in [3.8, 4) is 0 Å². The van der Waals surface area contributed by atoms with Crippen LogP contribution in [0.1, 0.15) is 51.0 Å². The van der Waals surface area contributed by atoms with E-state index in [0.29, 0.717) is 29.0 Å².